The second kappa shape index (κ2) is 6.89. The highest BCUT2D eigenvalue weighted by atomic mass is 16.1. The van der Waals surface area contributed by atoms with Gasteiger partial charge < -0.3 is 16.0 Å². The van der Waals surface area contributed by atoms with E-state index in [4.69, 9.17) is 5.73 Å². The highest BCUT2D eigenvalue weighted by Gasteiger charge is 2.28. The molecule has 1 unspecified atom stereocenters. The Morgan fingerprint density at radius 3 is 2.90 bits per heavy atom. The van der Waals surface area contributed by atoms with Gasteiger partial charge in [0.25, 0.3) is 0 Å². The van der Waals surface area contributed by atoms with Gasteiger partial charge in [0.15, 0.2) is 0 Å². The first-order chi connectivity index (χ1) is 9.97. The molecule has 1 amide bonds. The molecule has 116 valence electrons. The number of anilines is 1. The minimum Gasteiger partial charge on any atom is -0.369 e. The van der Waals surface area contributed by atoms with E-state index in [1.54, 1.807) is 0 Å². The smallest absolute Gasteiger partial charge is 0.222 e. The highest BCUT2D eigenvalue weighted by molar-refractivity contribution is 5.78. The largest absolute Gasteiger partial charge is 0.369 e. The molecule has 21 heavy (non-hydrogen) atoms. The number of rotatable bonds is 6. The van der Waals surface area contributed by atoms with Crippen molar-refractivity contribution in [3.8, 4) is 0 Å². The predicted molar refractivity (Wildman–Crippen MR) is 85.0 cm³/mol. The molecule has 0 spiro atoms. The normalized spacial score (nSPS) is 18.5. The zero-order chi connectivity index (χ0) is 15.4. The molecular formula is C16H26N4O. The Bertz CT molecular complexity index is 501. The zero-order valence-corrected chi connectivity index (χ0v) is 13.2. The number of primary amides is 1. The zero-order valence-electron chi connectivity index (χ0n) is 13.2. The SMILES string of the molecule is Cc1cc(CNCC(C)C)cnc1N1CCC(C(N)=O)C1. The van der Waals surface area contributed by atoms with Crippen LogP contribution in [-0.4, -0.2) is 30.5 Å². The molecule has 1 aromatic rings. The van der Waals surface area contributed by atoms with Crippen molar-refractivity contribution in [2.75, 3.05) is 24.5 Å². The molecule has 3 N–H and O–H groups in total. The Morgan fingerprint density at radius 1 is 1.57 bits per heavy atom. The van der Waals surface area contributed by atoms with Crippen molar-refractivity contribution in [1.29, 1.82) is 0 Å². The lowest BCUT2D eigenvalue weighted by atomic mass is 10.1. The molecule has 0 aliphatic carbocycles. The highest BCUT2D eigenvalue weighted by Crippen LogP contribution is 2.25. The fraction of sp³-hybridized carbons (Fsp3) is 0.625. The fourth-order valence-corrected chi connectivity index (χ4v) is 2.74. The van der Waals surface area contributed by atoms with Crippen molar-refractivity contribution >= 4 is 11.7 Å². The minimum atomic E-state index is -0.204. The molecule has 1 atom stereocenters. The summed E-state index contributed by atoms with van der Waals surface area (Å²) in [6.45, 7) is 9.86. The van der Waals surface area contributed by atoms with E-state index in [-0.39, 0.29) is 11.8 Å². The van der Waals surface area contributed by atoms with Crippen molar-refractivity contribution < 1.29 is 4.79 Å². The average molecular weight is 290 g/mol. The molecule has 1 saturated heterocycles. The van der Waals surface area contributed by atoms with Crippen LogP contribution < -0.4 is 16.0 Å². The molecule has 0 radical (unpaired) electrons. The molecule has 0 aromatic carbocycles. The summed E-state index contributed by atoms with van der Waals surface area (Å²) in [5.74, 6) is 1.38. The Morgan fingerprint density at radius 2 is 2.33 bits per heavy atom. The molecule has 2 rings (SSSR count). The van der Waals surface area contributed by atoms with Crippen LogP contribution in [0.5, 0.6) is 0 Å². The third-order valence-electron chi connectivity index (χ3n) is 3.88. The number of hydrogen-bond donors (Lipinski definition) is 2. The van der Waals surface area contributed by atoms with E-state index in [1.807, 2.05) is 6.20 Å². The van der Waals surface area contributed by atoms with Crippen molar-refractivity contribution in [3.05, 3.63) is 23.4 Å². The van der Waals surface area contributed by atoms with E-state index in [1.165, 1.54) is 5.56 Å². The van der Waals surface area contributed by atoms with Crippen LogP contribution in [-0.2, 0) is 11.3 Å². The van der Waals surface area contributed by atoms with E-state index in [0.29, 0.717) is 12.5 Å². The monoisotopic (exact) mass is 290 g/mol. The maximum atomic E-state index is 11.3. The number of pyridine rings is 1. The van der Waals surface area contributed by atoms with Crippen LogP contribution in [0.25, 0.3) is 0 Å². The van der Waals surface area contributed by atoms with Gasteiger partial charge in [-0.1, -0.05) is 13.8 Å². The number of aryl methyl sites for hydroxylation is 1. The first kappa shape index (κ1) is 15.8. The Hall–Kier alpha value is -1.62. The molecule has 1 fully saturated rings. The van der Waals surface area contributed by atoms with Crippen LogP contribution >= 0.6 is 0 Å². The summed E-state index contributed by atoms with van der Waals surface area (Å²) in [7, 11) is 0. The third-order valence-corrected chi connectivity index (χ3v) is 3.88. The molecule has 0 saturated carbocycles. The molecule has 5 heteroatoms. The van der Waals surface area contributed by atoms with Gasteiger partial charge in [0.1, 0.15) is 5.82 Å². The summed E-state index contributed by atoms with van der Waals surface area (Å²) in [5.41, 5.74) is 7.74. The summed E-state index contributed by atoms with van der Waals surface area (Å²) in [5, 5.41) is 3.42. The second-order valence-electron chi connectivity index (χ2n) is 6.34. The Balaban J connectivity index is 1.98. The van der Waals surface area contributed by atoms with E-state index >= 15 is 0 Å². The lowest BCUT2D eigenvalue weighted by molar-refractivity contribution is -0.121. The standard InChI is InChI=1S/C16H26N4O/c1-11(2)7-18-8-13-6-12(3)16(19-9-13)20-5-4-14(10-20)15(17)21/h6,9,11,14,18H,4-5,7-8,10H2,1-3H3,(H2,17,21). The summed E-state index contributed by atoms with van der Waals surface area (Å²) in [4.78, 5) is 18.0. The number of carbonyl (C=O) groups excluding carboxylic acids is 1. The van der Waals surface area contributed by atoms with Crippen LogP contribution in [0.3, 0.4) is 0 Å². The van der Waals surface area contributed by atoms with E-state index in [2.05, 4.69) is 42.0 Å². The summed E-state index contributed by atoms with van der Waals surface area (Å²) in [6.07, 6.45) is 2.75. The van der Waals surface area contributed by atoms with E-state index in [9.17, 15) is 4.79 Å². The van der Waals surface area contributed by atoms with Gasteiger partial charge in [-0.15, -0.1) is 0 Å². The van der Waals surface area contributed by atoms with Gasteiger partial charge in [0, 0.05) is 25.8 Å². The van der Waals surface area contributed by atoms with Gasteiger partial charge in [-0.3, -0.25) is 4.79 Å². The lowest BCUT2D eigenvalue weighted by Crippen LogP contribution is -2.28. The van der Waals surface area contributed by atoms with Crippen LogP contribution in [0.4, 0.5) is 5.82 Å². The van der Waals surface area contributed by atoms with Crippen LogP contribution in [0.2, 0.25) is 0 Å². The summed E-state index contributed by atoms with van der Waals surface area (Å²) >= 11 is 0. The molecule has 1 aliphatic rings. The van der Waals surface area contributed by atoms with Crippen LogP contribution in [0, 0.1) is 18.8 Å². The van der Waals surface area contributed by atoms with Gasteiger partial charge >= 0.3 is 0 Å². The minimum absolute atomic E-state index is 0.0430. The average Bonchev–Trinajstić information content (AvgIpc) is 2.88. The van der Waals surface area contributed by atoms with Crippen LogP contribution in [0.15, 0.2) is 12.3 Å². The molecule has 1 aromatic heterocycles. The molecule has 5 nitrogen and oxygen atoms in total. The predicted octanol–water partition coefficient (Wildman–Crippen LogP) is 1.45. The van der Waals surface area contributed by atoms with Gasteiger partial charge in [0.2, 0.25) is 5.91 Å². The van der Waals surface area contributed by atoms with Gasteiger partial charge in [-0.25, -0.2) is 4.98 Å². The number of amides is 1. The van der Waals surface area contributed by atoms with Gasteiger partial charge in [-0.2, -0.15) is 0 Å². The van der Waals surface area contributed by atoms with Crippen LogP contribution in [0.1, 0.15) is 31.4 Å². The van der Waals surface area contributed by atoms with Gasteiger partial charge in [0.05, 0.1) is 5.92 Å². The van der Waals surface area contributed by atoms with E-state index in [0.717, 1.165) is 37.4 Å². The van der Waals surface area contributed by atoms with Crippen molar-refractivity contribution in [1.82, 2.24) is 10.3 Å². The summed E-state index contributed by atoms with van der Waals surface area (Å²) in [6, 6.07) is 2.17. The van der Waals surface area contributed by atoms with Crippen molar-refractivity contribution in [2.24, 2.45) is 17.6 Å². The number of nitrogens with zero attached hydrogens (tertiary/aromatic N) is 2. The Kier molecular flexibility index (Phi) is 5.17. The maximum absolute atomic E-state index is 11.3. The fourth-order valence-electron chi connectivity index (χ4n) is 2.74. The molecular weight excluding hydrogens is 264 g/mol. The number of carbonyl (C=O) groups is 1. The topological polar surface area (TPSA) is 71.2 Å². The quantitative estimate of drug-likeness (QED) is 0.832. The first-order valence-corrected chi connectivity index (χ1v) is 7.68. The first-order valence-electron chi connectivity index (χ1n) is 7.68. The number of nitrogens with two attached hydrogens (primary N) is 1. The molecule has 0 bridgehead atoms. The molecule has 1 aliphatic heterocycles. The third kappa shape index (κ3) is 4.17. The van der Waals surface area contributed by atoms with Crippen molar-refractivity contribution in [2.45, 2.75) is 33.7 Å². The number of nitrogens with one attached hydrogen (secondary N) is 1. The Labute approximate surface area is 126 Å². The molecule has 2 heterocycles. The van der Waals surface area contributed by atoms with Crippen molar-refractivity contribution in [3.63, 3.8) is 0 Å². The summed E-state index contributed by atoms with van der Waals surface area (Å²) < 4.78 is 0. The second-order valence-corrected chi connectivity index (χ2v) is 6.34. The lowest BCUT2D eigenvalue weighted by Gasteiger charge is -2.20. The number of hydrogen-bond acceptors (Lipinski definition) is 4. The number of aromatic nitrogens is 1. The van der Waals surface area contributed by atoms with E-state index < -0.39 is 0 Å². The maximum Gasteiger partial charge on any atom is 0.222 e. The van der Waals surface area contributed by atoms with Gasteiger partial charge in [-0.05, 0) is 43.0 Å².